The van der Waals surface area contributed by atoms with E-state index in [2.05, 4.69) is 25.3 Å². The van der Waals surface area contributed by atoms with E-state index in [9.17, 15) is 9.59 Å². The molecule has 0 bridgehead atoms. The summed E-state index contributed by atoms with van der Waals surface area (Å²) in [7, 11) is 0. The quantitative estimate of drug-likeness (QED) is 0.297. The van der Waals surface area contributed by atoms with Crippen molar-refractivity contribution in [2.45, 2.75) is 16.7 Å². The summed E-state index contributed by atoms with van der Waals surface area (Å²) < 4.78 is -0.851. The van der Waals surface area contributed by atoms with Crippen molar-refractivity contribution in [3.63, 3.8) is 0 Å². The number of hydrogen-bond donors (Lipinski definition) is 5. The maximum absolute atomic E-state index is 10.9. The lowest BCUT2D eigenvalue weighted by Gasteiger charge is -2.18. The van der Waals surface area contributed by atoms with Crippen LogP contribution in [0.15, 0.2) is 0 Å². The predicted octanol–water partition coefficient (Wildman–Crippen LogP) is -1.17. The largest absolute Gasteiger partial charge is 0.479 e. The summed E-state index contributed by atoms with van der Waals surface area (Å²) in [6, 6.07) is 0. The molecule has 5 N–H and O–H groups in total. The SMILES string of the molecule is NC(N)(CC(=O)C(S)S)C(=O)O. The van der Waals surface area contributed by atoms with Crippen molar-refractivity contribution in [3.8, 4) is 0 Å². The van der Waals surface area contributed by atoms with Crippen LogP contribution in [-0.2, 0) is 9.59 Å². The number of carboxylic acid groups (broad SMARTS) is 1. The number of carbonyl (C=O) groups is 2. The summed E-state index contributed by atoms with van der Waals surface area (Å²) in [6.07, 6.45) is -0.486. The van der Waals surface area contributed by atoms with E-state index in [0.29, 0.717) is 0 Å². The second-order valence-electron chi connectivity index (χ2n) is 2.36. The van der Waals surface area contributed by atoms with E-state index >= 15 is 0 Å². The van der Waals surface area contributed by atoms with Gasteiger partial charge < -0.3 is 16.6 Å². The summed E-state index contributed by atoms with van der Waals surface area (Å²) in [4.78, 5) is 21.2. The van der Waals surface area contributed by atoms with Gasteiger partial charge in [-0.15, -0.1) is 0 Å². The van der Waals surface area contributed by atoms with Gasteiger partial charge in [0, 0.05) is 0 Å². The molecule has 0 fully saturated rings. The molecule has 70 valence electrons. The Kier molecular flexibility index (Phi) is 4.04. The first-order valence-electron chi connectivity index (χ1n) is 2.97. The lowest BCUT2D eigenvalue weighted by atomic mass is 10.1. The second-order valence-corrected chi connectivity index (χ2v) is 3.80. The fourth-order valence-electron chi connectivity index (χ4n) is 0.455. The molecule has 0 atom stereocenters. The zero-order valence-electron chi connectivity index (χ0n) is 6.10. The van der Waals surface area contributed by atoms with Crippen LogP contribution in [0.25, 0.3) is 0 Å². The van der Waals surface area contributed by atoms with Crippen molar-refractivity contribution >= 4 is 37.0 Å². The number of carboxylic acids is 1. The van der Waals surface area contributed by atoms with Crippen LogP contribution in [0.2, 0.25) is 0 Å². The van der Waals surface area contributed by atoms with Crippen LogP contribution >= 0.6 is 25.3 Å². The molecule has 0 radical (unpaired) electrons. The van der Waals surface area contributed by atoms with Crippen molar-refractivity contribution in [1.82, 2.24) is 0 Å². The normalized spacial score (nSPS) is 11.8. The minimum atomic E-state index is -2.03. The molecule has 0 aromatic rings. The highest BCUT2D eigenvalue weighted by molar-refractivity contribution is 8.00. The number of aliphatic carboxylic acids is 1. The Morgan fingerprint density at radius 3 is 2.08 bits per heavy atom. The maximum Gasteiger partial charge on any atom is 0.338 e. The fourth-order valence-corrected chi connectivity index (χ4v) is 0.638. The van der Waals surface area contributed by atoms with Gasteiger partial charge in [-0.3, -0.25) is 4.79 Å². The molecule has 5 nitrogen and oxygen atoms in total. The van der Waals surface area contributed by atoms with Crippen LogP contribution in [0.1, 0.15) is 6.42 Å². The lowest BCUT2D eigenvalue weighted by molar-refractivity contribution is -0.145. The van der Waals surface area contributed by atoms with Crippen molar-refractivity contribution in [3.05, 3.63) is 0 Å². The Labute approximate surface area is 80.3 Å². The molecule has 0 rings (SSSR count). The Morgan fingerprint density at radius 1 is 1.42 bits per heavy atom. The maximum atomic E-state index is 10.9. The van der Waals surface area contributed by atoms with Gasteiger partial charge in [0.15, 0.2) is 11.4 Å². The third-order valence-electron chi connectivity index (χ3n) is 1.15. The Bertz CT molecular complexity index is 205. The summed E-state index contributed by atoms with van der Waals surface area (Å²) >= 11 is 7.37. The highest BCUT2D eigenvalue weighted by Gasteiger charge is 2.32. The number of thiol groups is 2. The summed E-state index contributed by atoms with van der Waals surface area (Å²) in [5.74, 6) is -1.95. The fraction of sp³-hybridized carbons (Fsp3) is 0.600. The Hall–Kier alpha value is -0.240. The summed E-state index contributed by atoms with van der Waals surface area (Å²) in [6.45, 7) is 0. The van der Waals surface area contributed by atoms with E-state index in [1.54, 1.807) is 0 Å². The van der Waals surface area contributed by atoms with E-state index in [4.69, 9.17) is 16.6 Å². The first kappa shape index (κ1) is 11.8. The monoisotopic (exact) mass is 210 g/mol. The van der Waals surface area contributed by atoms with Crippen LogP contribution in [0.3, 0.4) is 0 Å². The van der Waals surface area contributed by atoms with Gasteiger partial charge in [-0.2, -0.15) is 25.3 Å². The first-order valence-corrected chi connectivity index (χ1v) is 4.00. The third kappa shape index (κ3) is 3.44. The smallest absolute Gasteiger partial charge is 0.338 e. The Balaban J connectivity index is 4.25. The number of Topliss-reactive ketones (excluding diaryl/α,β-unsaturated/α-hetero) is 1. The molecule has 0 spiro atoms. The molecular formula is C5H10N2O3S2. The van der Waals surface area contributed by atoms with Gasteiger partial charge in [0.25, 0.3) is 0 Å². The minimum Gasteiger partial charge on any atom is -0.479 e. The van der Waals surface area contributed by atoms with Crippen LogP contribution in [0, 0.1) is 0 Å². The molecule has 0 unspecified atom stereocenters. The molecule has 0 aromatic carbocycles. The average molecular weight is 210 g/mol. The molecule has 0 saturated heterocycles. The molecule has 0 amide bonds. The second kappa shape index (κ2) is 4.13. The van der Waals surface area contributed by atoms with Crippen molar-refractivity contribution in [1.29, 1.82) is 0 Å². The van der Waals surface area contributed by atoms with E-state index in [1.807, 2.05) is 0 Å². The van der Waals surface area contributed by atoms with Gasteiger partial charge >= 0.3 is 5.97 Å². The molecule has 0 aromatic heterocycles. The van der Waals surface area contributed by atoms with Gasteiger partial charge in [0.2, 0.25) is 0 Å². The molecule has 12 heavy (non-hydrogen) atoms. The van der Waals surface area contributed by atoms with Crippen LogP contribution in [0.5, 0.6) is 0 Å². The van der Waals surface area contributed by atoms with Crippen molar-refractivity contribution in [2.75, 3.05) is 0 Å². The number of hydrogen-bond acceptors (Lipinski definition) is 6. The van der Waals surface area contributed by atoms with Crippen LogP contribution in [-0.4, -0.2) is 27.1 Å². The predicted molar refractivity (Wildman–Crippen MR) is 50.1 cm³/mol. The lowest BCUT2D eigenvalue weighted by Crippen LogP contribution is -2.58. The molecule has 7 heteroatoms. The first-order chi connectivity index (χ1) is 5.27. The van der Waals surface area contributed by atoms with E-state index in [-0.39, 0.29) is 0 Å². The van der Waals surface area contributed by atoms with Crippen LogP contribution in [0.4, 0.5) is 0 Å². The standard InChI is InChI=1S/C5H10N2O3S2/c6-5(7,4(9)10)1-2(8)3(11)12/h3,11-12H,1,6-7H2,(H,9,10). The zero-order chi connectivity index (χ0) is 9.94. The molecule has 0 aliphatic carbocycles. The van der Waals surface area contributed by atoms with E-state index in [1.165, 1.54) is 0 Å². The van der Waals surface area contributed by atoms with Crippen molar-refractivity contribution < 1.29 is 14.7 Å². The number of carbonyl (C=O) groups excluding carboxylic acids is 1. The molecular weight excluding hydrogens is 200 g/mol. The van der Waals surface area contributed by atoms with Gasteiger partial charge in [-0.25, -0.2) is 4.79 Å². The van der Waals surface area contributed by atoms with Gasteiger partial charge in [-0.05, 0) is 0 Å². The van der Waals surface area contributed by atoms with Crippen molar-refractivity contribution in [2.24, 2.45) is 11.5 Å². The topological polar surface area (TPSA) is 106 Å². The molecule has 0 heterocycles. The number of rotatable bonds is 4. The number of nitrogens with two attached hydrogens (primary N) is 2. The summed E-state index contributed by atoms with van der Waals surface area (Å²) in [5.41, 5.74) is 8.15. The average Bonchev–Trinajstić information content (AvgIpc) is 1.85. The van der Waals surface area contributed by atoms with E-state index in [0.717, 1.165) is 0 Å². The minimum absolute atomic E-state index is 0.486. The van der Waals surface area contributed by atoms with Gasteiger partial charge in [0.05, 0.1) is 6.42 Å². The van der Waals surface area contributed by atoms with Gasteiger partial charge in [-0.1, -0.05) is 0 Å². The number of ketones is 1. The highest BCUT2D eigenvalue weighted by Crippen LogP contribution is 2.09. The van der Waals surface area contributed by atoms with Gasteiger partial charge in [0.1, 0.15) is 4.58 Å². The third-order valence-corrected chi connectivity index (χ3v) is 1.73. The molecule has 0 saturated carbocycles. The molecule has 0 aliphatic heterocycles. The Morgan fingerprint density at radius 2 is 1.83 bits per heavy atom. The summed E-state index contributed by atoms with van der Waals surface area (Å²) in [5, 5.41) is 8.42. The highest BCUT2D eigenvalue weighted by atomic mass is 32.2. The van der Waals surface area contributed by atoms with Crippen LogP contribution < -0.4 is 11.5 Å². The zero-order valence-corrected chi connectivity index (χ0v) is 7.89. The molecule has 0 aliphatic rings. The van der Waals surface area contributed by atoms with E-state index < -0.39 is 28.4 Å².